The summed E-state index contributed by atoms with van der Waals surface area (Å²) in [5, 5.41) is 0. The third-order valence-electron chi connectivity index (χ3n) is 4.04. The summed E-state index contributed by atoms with van der Waals surface area (Å²) in [6.45, 7) is 1.16. The van der Waals surface area contributed by atoms with Crippen LogP contribution in [0.15, 0.2) is 30.6 Å². The quantitative estimate of drug-likeness (QED) is 0.850. The molecular formula is C17H19FN4O. The molecule has 0 fully saturated rings. The first-order chi connectivity index (χ1) is 11.1. The van der Waals surface area contributed by atoms with Gasteiger partial charge in [-0.25, -0.2) is 14.4 Å². The van der Waals surface area contributed by atoms with Crippen molar-refractivity contribution in [2.45, 2.75) is 12.8 Å². The van der Waals surface area contributed by atoms with Crippen LogP contribution in [0.1, 0.15) is 21.6 Å². The molecule has 2 aromatic rings. The summed E-state index contributed by atoms with van der Waals surface area (Å²) >= 11 is 0. The number of anilines is 1. The van der Waals surface area contributed by atoms with Crippen LogP contribution in [-0.4, -0.2) is 48.0 Å². The van der Waals surface area contributed by atoms with Gasteiger partial charge in [-0.1, -0.05) is 6.07 Å². The Morgan fingerprint density at radius 1 is 1.22 bits per heavy atom. The highest BCUT2D eigenvalue weighted by Crippen LogP contribution is 2.22. The van der Waals surface area contributed by atoms with E-state index in [1.807, 2.05) is 19.0 Å². The molecule has 0 spiro atoms. The minimum absolute atomic E-state index is 0.142. The van der Waals surface area contributed by atoms with Gasteiger partial charge in [-0.15, -0.1) is 0 Å². The predicted octanol–water partition coefficient (Wildman–Crippen LogP) is 1.92. The fourth-order valence-corrected chi connectivity index (χ4v) is 2.90. The smallest absolute Gasteiger partial charge is 0.253 e. The first-order valence-electron chi connectivity index (χ1n) is 7.61. The van der Waals surface area contributed by atoms with Crippen molar-refractivity contribution in [1.29, 1.82) is 0 Å². The predicted molar refractivity (Wildman–Crippen MR) is 86.1 cm³/mol. The molecule has 0 atom stereocenters. The lowest BCUT2D eigenvalue weighted by atomic mass is 10.1. The van der Waals surface area contributed by atoms with E-state index in [9.17, 15) is 9.18 Å². The van der Waals surface area contributed by atoms with Crippen LogP contribution >= 0.6 is 0 Å². The number of hydrogen-bond acceptors (Lipinski definition) is 4. The van der Waals surface area contributed by atoms with E-state index in [0.717, 1.165) is 17.1 Å². The second kappa shape index (κ2) is 6.32. The van der Waals surface area contributed by atoms with Crippen LogP contribution in [0.25, 0.3) is 0 Å². The van der Waals surface area contributed by atoms with Gasteiger partial charge in [0.15, 0.2) is 0 Å². The lowest BCUT2D eigenvalue weighted by Gasteiger charge is -2.20. The first-order valence-corrected chi connectivity index (χ1v) is 7.61. The van der Waals surface area contributed by atoms with Crippen LogP contribution in [0.2, 0.25) is 0 Å². The van der Waals surface area contributed by atoms with Gasteiger partial charge in [0.1, 0.15) is 18.0 Å². The van der Waals surface area contributed by atoms with E-state index in [1.54, 1.807) is 23.4 Å². The number of hydrogen-bond donors (Lipinski definition) is 0. The van der Waals surface area contributed by atoms with Gasteiger partial charge in [0, 0.05) is 44.7 Å². The maximum atomic E-state index is 13.3. The molecule has 0 saturated heterocycles. The average Bonchev–Trinajstić information content (AvgIpc) is 2.76. The topological polar surface area (TPSA) is 49.3 Å². The van der Waals surface area contributed by atoms with Crippen LogP contribution in [0.3, 0.4) is 0 Å². The number of benzene rings is 1. The van der Waals surface area contributed by atoms with Gasteiger partial charge in [0.2, 0.25) is 0 Å². The molecule has 1 aromatic carbocycles. The molecule has 3 rings (SSSR count). The normalized spacial score (nSPS) is 14.1. The van der Waals surface area contributed by atoms with Crippen molar-refractivity contribution < 1.29 is 9.18 Å². The third kappa shape index (κ3) is 3.16. The lowest BCUT2D eigenvalue weighted by Crippen LogP contribution is -2.33. The van der Waals surface area contributed by atoms with E-state index in [-0.39, 0.29) is 5.91 Å². The van der Waals surface area contributed by atoms with Gasteiger partial charge in [0.25, 0.3) is 5.91 Å². The number of nitrogens with zero attached hydrogens (tertiary/aromatic N) is 4. The summed E-state index contributed by atoms with van der Waals surface area (Å²) in [5.41, 5.74) is 2.46. The highest BCUT2D eigenvalue weighted by atomic mass is 19.1. The highest BCUT2D eigenvalue weighted by molar-refractivity contribution is 5.94. The third-order valence-corrected chi connectivity index (χ3v) is 4.04. The number of fused-ring (bicyclic) bond motifs is 1. The molecular weight excluding hydrogens is 295 g/mol. The minimum Gasteiger partial charge on any atom is -0.362 e. The van der Waals surface area contributed by atoms with Crippen molar-refractivity contribution in [1.82, 2.24) is 14.9 Å². The van der Waals surface area contributed by atoms with Crippen LogP contribution in [0, 0.1) is 5.82 Å². The molecule has 0 bridgehead atoms. The maximum Gasteiger partial charge on any atom is 0.253 e. The highest BCUT2D eigenvalue weighted by Gasteiger charge is 2.23. The molecule has 1 aromatic heterocycles. The van der Waals surface area contributed by atoms with E-state index < -0.39 is 5.82 Å². The Balaban J connectivity index is 1.82. The number of carbonyl (C=O) groups excluding carboxylic acids is 1. The summed E-state index contributed by atoms with van der Waals surface area (Å²) in [6.07, 6.45) is 2.95. The first kappa shape index (κ1) is 15.4. The molecule has 6 heteroatoms. The monoisotopic (exact) mass is 314 g/mol. The number of carbonyl (C=O) groups is 1. The van der Waals surface area contributed by atoms with E-state index in [2.05, 4.69) is 9.97 Å². The Morgan fingerprint density at radius 3 is 2.74 bits per heavy atom. The van der Waals surface area contributed by atoms with Crippen LogP contribution < -0.4 is 4.90 Å². The molecule has 0 radical (unpaired) electrons. The molecule has 0 saturated carbocycles. The molecule has 23 heavy (non-hydrogen) atoms. The van der Waals surface area contributed by atoms with E-state index in [0.29, 0.717) is 31.5 Å². The minimum atomic E-state index is -0.394. The lowest BCUT2D eigenvalue weighted by molar-refractivity contribution is 0.0762. The van der Waals surface area contributed by atoms with Gasteiger partial charge < -0.3 is 9.80 Å². The Hall–Kier alpha value is -2.50. The number of amides is 1. The average molecular weight is 314 g/mol. The SMILES string of the molecule is CN(C)c1ncnc2c1CCN(C(=O)c1cccc(F)c1)CC2. The van der Waals surface area contributed by atoms with Gasteiger partial charge >= 0.3 is 0 Å². The van der Waals surface area contributed by atoms with Gasteiger partial charge in [-0.2, -0.15) is 0 Å². The molecule has 1 aliphatic heterocycles. The zero-order valence-electron chi connectivity index (χ0n) is 13.3. The van der Waals surface area contributed by atoms with E-state index in [1.165, 1.54) is 12.1 Å². The Bertz CT molecular complexity index is 732. The largest absolute Gasteiger partial charge is 0.362 e. The Morgan fingerprint density at radius 2 is 2.00 bits per heavy atom. The number of aromatic nitrogens is 2. The van der Waals surface area contributed by atoms with Gasteiger partial charge in [-0.05, 0) is 24.6 Å². The molecule has 120 valence electrons. The molecule has 2 heterocycles. The molecule has 1 amide bonds. The molecule has 0 unspecified atom stereocenters. The summed E-state index contributed by atoms with van der Waals surface area (Å²) in [5.74, 6) is 0.362. The van der Waals surface area contributed by atoms with Crippen LogP contribution in [-0.2, 0) is 12.8 Å². The maximum absolute atomic E-state index is 13.3. The van der Waals surface area contributed by atoms with Crippen molar-refractivity contribution in [2.24, 2.45) is 0 Å². The van der Waals surface area contributed by atoms with Crippen molar-refractivity contribution in [3.05, 3.63) is 53.2 Å². The number of halogens is 1. The van der Waals surface area contributed by atoms with Crippen LogP contribution in [0.4, 0.5) is 10.2 Å². The standard InChI is InChI=1S/C17H19FN4O/c1-21(2)16-14-6-8-22(9-7-15(14)19-11-20-16)17(23)12-4-3-5-13(18)10-12/h3-5,10-11H,6-9H2,1-2H3. The van der Waals surface area contributed by atoms with E-state index in [4.69, 9.17) is 0 Å². The van der Waals surface area contributed by atoms with Gasteiger partial charge in [0.05, 0.1) is 5.69 Å². The molecule has 0 N–H and O–H groups in total. The summed E-state index contributed by atoms with van der Waals surface area (Å²) in [6, 6.07) is 5.83. The Labute approximate surface area is 134 Å². The molecule has 1 aliphatic rings. The zero-order valence-corrected chi connectivity index (χ0v) is 13.3. The fourth-order valence-electron chi connectivity index (χ4n) is 2.90. The number of rotatable bonds is 2. The fraction of sp³-hybridized carbons (Fsp3) is 0.353. The second-order valence-corrected chi connectivity index (χ2v) is 5.82. The van der Waals surface area contributed by atoms with Crippen LogP contribution in [0.5, 0.6) is 0 Å². The molecule has 5 nitrogen and oxygen atoms in total. The van der Waals surface area contributed by atoms with Gasteiger partial charge in [-0.3, -0.25) is 4.79 Å². The van der Waals surface area contributed by atoms with E-state index >= 15 is 0 Å². The summed E-state index contributed by atoms with van der Waals surface area (Å²) in [7, 11) is 3.90. The van der Waals surface area contributed by atoms with Crippen molar-refractivity contribution >= 4 is 11.7 Å². The zero-order chi connectivity index (χ0) is 16.4. The summed E-state index contributed by atoms with van der Waals surface area (Å²) in [4.78, 5) is 25.0. The second-order valence-electron chi connectivity index (χ2n) is 5.82. The summed E-state index contributed by atoms with van der Waals surface area (Å²) < 4.78 is 13.3. The van der Waals surface area contributed by atoms with Crippen molar-refractivity contribution in [3.63, 3.8) is 0 Å². The Kier molecular flexibility index (Phi) is 4.23. The molecule has 0 aliphatic carbocycles. The van der Waals surface area contributed by atoms with Crippen molar-refractivity contribution in [2.75, 3.05) is 32.1 Å². The van der Waals surface area contributed by atoms with Crippen molar-refractivity contribution in [3.8, 4) is 0 Å².